The molecule has 1 saturated carbocycles. The van der Waals surface area contributed by atoms with Crippen LogP contribution in [0.1, 0.15) is 19.3 Å². The van der Waals surface area contributed by atoms with Gasteiger partial charge < -0.3 is 20.5 Å². The first-order valence-electron chi connectivity index (χ1n) is 7.25. The number of nitrogens with one attached hydrogen (secondary N) is 2. The Hall–Kier alpha value is -1.34. The Morgan fingerprint density at radius 1 is 1.15 bits per heavy atom. The number of amides is 2. The van der Waals surface area contributed by atoms with Crippen LogP contribution in [0.4, 0.5) is 4.79 Å². The molecule has 2 amide bonds. The van der Waals surface area contributed by atoms with Gasteiger partial charge in [0.05, 0.1) is 19.3 Å². The molecule has 112 valence electrons. The van der Waals surface area contributed by atoms with Crippen LogP contribution >= 0.6 is 0 Å². The average molecular weight is 283 g/mol. The Kier molecular flexibility index (Phi) is 3.80. The lowest BCUT2D eigenvalue weighted by Gasteiger charge is -2.19. The van der Waals surface area contributed by atoms with Gasteiger partial charge in [-0.2, -0.15) is 0 Å². The van der Waals surface area contributed by atoms with Gasteiger partial charge in [-0.1, -0.05) is 0 Å². The fraction of sp³-hybridized carbons (Fsp3) is 0.846. The van der Waals surface area contributed by atoms with Gasteiger partial charge >= 0.3 is 12.0 Å². The van der Waals surface area contributed by atoms with Gasteiger partial charge in [-0.05, 0) is 19.3 Å². The second-order valence-corrected chi connectivity index (χ2v) is 5.92. The molecule has 2 aliphatic heterocycles. The smallest absolute Gasteiger partial charge is 0.315 e. The zero-order valence-electron chi connectivity index (χ0n) is 11.4. The highest BCUT2D eigenvalue weighted by Crippen LogP contribution is 2.29. The summed E-state index contributed by atoms with van der Waals surface area (Å²) in [5, 5.41) is 14.7. The van der Waals surface area contributed by atoms with Crippen molar-refractivity contribution in [1.82, 2.24) is 15.5 Å². The first kappa shape index (κ1) is 13.6. The molecule has 3 rings (SSSR count). The highest BCUT2D eigenvalue weighted by molar-refractivity contribution is 5.77. The third-order valence-corrected chi connectivity index (χ3v) is 4.33. The number of hydrogen-bond donors (Lipinski definition) is 3. The van der Waals surface area contributed by atoms with E-state index in [-0.39, 0.29) is 25.3 Å². The zero-order chi connectivity index (χ0) is 14.1. The van der Waals surface area contributed by atoms with Crippen LogP contribution in [0.3, 0.4) is 0 Å². The van der Waals surface area contributed by atoms with E-state index in [1.165, 1.54) is 12.8 Å². The lowest BCUT2D eigenvalue weighted by molar-refractivity contribution is -0.142. The number of aliphatic carboxylic acids is 1. The van der Waals surface area contributed by atoms with Crippen molar-refractivity contribution in [2.45, 2.75) is 37.4 Å². The summed E-state index contributed by atoms with van der Waals surface area (Å²) in [7, 11) is 0. The molecule has 0 spiro atoms. The highest BCUT2D eigenvalue weighted by Gasteiger charge is 2.37. The molecule has 0 radical (unpaired) electrons. The number of hydrogen-bond acceptors (Lipinski definition) is 4. The summed E-state index contributed by atoms with van der Waals surface area (Å²) in [4.78, 5) is 25.4. The maximum Gasteiger partial charge on any atom is 0.315 e. The molecule has 3 aliphatic rings. The number of carboxylic acid groups (broad SMARTS) is 1. The van der Waals surface area contributed by atoms with Gasteiger partial charge in [-0.3, -0.25) is 9.69 Å². The maximum atomic E-state index is 11.9. The van der Waals surface area contributed by atoms with Gasteiger partial charge in [-0.25, -0.2) is 4.79 Å². The monoisotopic (exact) mass is 283 g/mol. The fourth-order valence-electron chi connectivity index (χ4n) is 3.01. The van der Waals surface area contributed by atoms with Crippen molar-refractivity contribution >= 4 is 12.0 Å². The molecular formula is C13H21N3O4. The predicted molar refractivity (Wildman–Crippen MR) is 70.4 cm³/mol. The van der Waals surface area contributed by atoms with E-state index in [1.54, 1.807) is 0 Å². The van der Waals surface area contributed by atoms with Crippen molar-refractivity contribution in [1.29, 1.82) is 0 Å². The predicted octanol–water partition coefficient (Wildman–Crippen LogP) is -0.378. The van der Waals surface area contributed by atoms with Crippen LogP contribution in [0.15, 0.2) is 0 Å². The first-order chi connectivity index (χ1) is 9.63. The minimum atomic E-state index is -0.923. The number of carboxylic acids is 1. The number of urea groups is 1. The quantitative estimate of drug-likeness (QED) is 0.654. The van der Waals surface area contributed by atoms with Crippen LogP contribution < -0.4 is 10.6 Å². The standard InChI is InChI=1S/C13H21N3O4/c17-12(18)10-6-20-7-11(10)15-13(19)14-8-3-4-16(5-8)9-1-2-9/h8-11H,1-7H2,(H,17,18)(H2,14,15,19). The van der Waals surface area contributed by atoms with Crippen LogP contribution in [0.5, 0.6) is 0 Å². The van der Waals surface area contributed by atoms with E-state index in [0.29, 0.717) is 0 Å². The van der Waals surface area contributed by atoms with Crippen molar-refractivity contribution in [2.75, 3.05) is 26.3 Å². The SMILES string of the molecule is O=C(NC1CCN(C2CC2)C1)NC1COCC1C(=O)O. The molecule has 0 bridgehead atoms. The second kappa shape index (κ2) is 5.57. The molecule has 2 heterocycles. The van der Waals surface area contributed by atoms with Crippen molar-refractivity contribution in [3.05, 3.63) is 0 Å². The maximum absolute atomic E-state index is 11.9. The molecular weight excluding hydrogens is 262 g/mol. The van der Waals surface area contributed by atoms with Crippen LogP contribution in [0.25, 0.3) is 0 Å². The van der Waals surface area contributed by atoms with Crippen LogP contribution in [0.2, 0.25) is 0 Å². The topological polar surface area (TPSA) is 90.9 Å². The summed E-state index contributed by atoms with van der Waals surface area (Å²) < 4.78 is 5.13. The average Bonchev–Trinajstić information content (AvgIpc) is 2.96. The van der Waals surface area contributed by atoms with Crippen molar-refractivity contribution in [3.63, 3.8) is 0 Å². The number of likely N-dealkylation sites (tertiary alicyclic amines) is 1. The zero-order valence-corrected chi connectivity index (χ0v) is 11.4. The third-order valence-electron chi connectivity index (χ3n) is 4.33. The Morgan fingerprint density at radius 2 is 1.95 bits per heavy atom. The van der Waals surface area contributed by atoms with E-state index < -0.39 is 17.9 Å². The van der Waals surface area contributed by atoms with E-state index in [9.17, 15) is 9.59 Å². The van der Waals surface area contributed by atoms with Gasteiger partial charge in [-0.15, -0.1) is 0 Å². The molecule has 7 nitrogen and oxygen atoms in total. The van der Waals surface area contributed by atoms with Crippen LogP contribution in [-0.2, 0) is 9.53 Å². The molecule has 2 saturated heterocycles. The molecule has 1 aliphatic carbocycles. The van der Waals surface area contributed by atoms with Gasteiger partial charge in [0.25, 0.3) is 0 Å². The number of ether oxygens (including phenoxy) is 1. The summed E-state index contributed by atoms with van der Waals surface area (Å²) in [6.45, 7) is 2.38. The Morgan fingerprint density at radius 3 is 2.65 bits per heavy atom. The summed E-state index contributed by atoms with van der Waals surface area (Å²) in [6, 6.07) is 0.175. The fourth-order valence-corrected chi connectivity index (χ4v) is 3.01. The number of rotatable bonds is 4. The van der Waals surface area contributed by atoms with Crippen LogP contribution in [0, 0.1) is 5.92 Å². The molecule has 7 heteroatoms. The molecule has 20 heavy (non-hydrogen) atoms. The summed E-state index contributed by atoms with van der Waals surface area (Å²) in [6.07, 6.45) is 3.52. The summed E-state index contributed by atoms with van der Waals surface area (Å²) in [5.74, 6) is -1.57. The molecule has 3 fully saturated rings. The van der Waals surface area contributed by atoms with Gasteiger partial charge in [0, 0.05) is 25.2 Å². The molecule has 3 atom stereocenters. The molecule has 3 unspecified atom stereocenters. The van der Waals surface area contributed by atoms with Gasteiger partial charge in [0.2, 0.25) is 0 Å². The molecule has 0 aromatic carbocycles. The highest BCUT2D eigenvalue weighted by atomic mass is 16.5. The first-order valence-corrected chi connectivity index (χ1v) is 7.25. The lowest BCUT2D eigenvalue weighted by atomic mass is 10.0. The van der Waals surface area contributed by atoms with Gasteiger partial charge in [0.15, 0.2) is 0 Å². The summed E-state index contributed by atoms with van der Waals surface area (Å²) >= 11 is 0. The Bertz CT molecular complexity index is 399. The molecule has 3 N–H and O–H groups in total. The number of carbonyl (C=O) groups is 2. The largest absolute Gasteiger partial charge is 0.481 e. The normalized spacial score (nSPS) is 34.1. The van der Waals surface area contributed by atoms with E-state index in [2.05, 4.69) is 15.5 Å². The molecule has 0 aromatic heterocycles. The Balaban J connectivity index is 1.44. The van der Waals surface area contributed by atoms with Crippen LogP contribution in [-0.4, -0.2) is 66.4 Å². The van der Waals surface area contributed by atoms with E-state index in [4.69, 9.17) is 9.84 Å². The lowest BCUT2D eigenvalue weighted by Crippen LogP contribution is -2.50. The summed E-state index contributed by atoms with van der Waals surface area (Å²) in [5.41, 5.74) is 0. The number of nitrogens with zero attached hydrogens (tertiary/aromatic N) is 1. The van der Waals surface area contributed by atoms with E-state index in [0.717, 1.165) is 25.6 Å². The Labute approximate surface area is 117 Å². The minimum absolute atomic E-state index is 0.166. The second-order valence-electron chi connectivity index (χ2n) is 5.92. The molecule has 0 aromatic rings. The van der Waals surface area contributed by atoms with Crippen molar-refractivity contribution in [3.8, 4) is 0 Å². The van der Waals surface area contributed by atoms with Crippen molar-refractivity contribution < 1.29 is 19.4 Å². The third kappa shape index (κ3) is 3.04. The van der Waals surface area contributed by atoms with Gasteiger partial charge in [0.1, 0.15) is 5.92 Å². The van der Waals surface area contributed by atoms with E-state index in [1.807, 2.05) is 0 Å². The number of carbonyl (C=O) groups excluding carboxylic acids is 1. The minimum Gasteiger partial charge on any atom is -0.481 e. The van der Waals surface area contributed by atoms with E-state index >= 15 is 0 Å². The van der Waals surface area contributed by atoms with Crippen molar-refractivity contribution in [2.24, 2.45) is 5.92 Å².